The van der Waals surface area contributed by atoms with E-state index in [-0.39, 0.29) is 14.6 Å². The van der Waals surface area contributed by atoms with E-state index < -0.39 is 10.0 Å². The van der Waals surface area contributed by atoms with Gasteiger partial charge in [-0.3, -0.25) is 0 Å². The number of rotatable bonds is 6. The Hall–Kier alpha value is -0.500. The standard InChI is InChI=1S/C12H20N2O2S3/c1-8(2)12(3,4)7-14-19(15,16)10-6-5-9(18-10)11(13)17/h5-6,8,14H,7H2,1-4H3,(H2,13,17). The minimum atomic E-state index is -3.49. The fraction of sp³-hybridized carbons (Fsp3) is 0.583. The van der Waals surface area contributed by atoms with Gasteiger partial charge in [-0.15, -0.1) is 11.3 Å². The van der Waals surface area contributed by atoms with E-state index >= 15 is 0 Å². The smallest absolute Gasteiger partial charge is 0.250 e. The van der Waals surface area contributed by atoms with Gasteiger partial charge in [0.05, 0.1) is 4.88 Å². The molecule has 0 aliphatic rings. The zero-order valence-electron chi connectivity index (χ0n) is 11.6. The summed E-state index contributed by atoms with van der Waals surface area (Å²) in [6, 6.07) is 3.17. The number of nitrogens with two attached hydrogens (primary N) is 1. The molecule has 0 atom stereocenters. The number of hydrogen-bond acceptors (Lipinski definition) is 4. The van der Waals surface area contributed by atoms with E-state index in [9.17, 15) is 8.42 Å². The molecule has 0 saturated heterocycles. The van der Waals surface area contributed by atoms with Crippen molar-refractivity contribution in [1.82, 2.24) is 4.72 Å². The number of nitrogens with one attached hydrogen (secondary N) is 1. The fourth-order valence-electron chi connectivity index (χ4n) is 1.15. The molecule has 0 aromatic carbocycles. The molecule has 1 aromatic rings. The molecule has 0 aliphatic heterocycles. The SMILES string of the molecule is CC(C)C(C)(C)CNS(=O)(=O)c1ccc(C(N)=S)s1. The quantitative estimate of drug-likeness (QED) is 0.789. The lowest BCUT2D eigenvalue weighted by molar-refractivity contribution is 0.252. The van der Waals surface area contributed by atoms with Gasteiger partial charge in [-0.05, 0) is 23.5 Å². The van der Waals surface area contributed by atoms with Crippen molar-refractivity contribution in [2.45, 2.75) is 31.9 Å². The van der Waals surface area contributed by atoms with E-state index in [2.05, 4.69) is 18.6 Å². The highest BCUT2D eigenvalue weighted by molar-refractivity contribution is 7.91. The second kappa shape index (κ2) is 5.87. The van der Waals surface area contributed by atoms with E-state index in [0.29, 0.717) is 17.3 Å². The summed E-state index contributed by atoms with van der Waals surface area (Å²) in [6.45, 7) is 8.62. The Morgan fingerprint density at radius 1 is 1.47 bits per heavy atom. The molecule has 0 radical (unpaired) electrons. The van der Waals surface area contributed by atoms with E-state index in [1.165, 1.54) is 6.07 Å². The fourth-order valence-corrected chi connectivity index (χ4v) is 3.77. The highest BCUT2D eigenvalue weighted by atomic mass is 32.2. The molecule has 3 N–H and O–H groups in total. The van der Waals surface area contributed by atoms with E-state index in [0.717, 1.165) is 11.3 Å². The summed E-state index contributed by atoms with van der Waals surface area (Å²) in [5, 5.41) is 0. The van der Waals surface area contributed by atoms with Crippen LogP contribution in [0.4, 0.5) is 0 Å². The van der Waals surface area contributed by atoms with Crippen LogP contribution < -0.4 is 10.5 Å². The van der Waals surface area contributed by atoms with Crippen molar-refractivity contribution in [1.29, 1.82) is 0 Å². The first-order chi connectivity index (χ1) is 8.56. The molecule has 0 spiro atoms. The van der Waals surface area contributed by atoms with Crippen LogP contribution in [0.1, 0.15) is 32.6 Å². The summed E-state index contributed by atoms with van der Waals surface area (Å²) < 4.78 is 27.2. The normalized spacial score (nSPS) is 12.9. The van der Waals surface area contributed by atoms with Crippen LogP contribution in [0.3, 0.4) is 0 Å². The molecule has 7 heteroatoms. The van der Waals surface area contributed by atoms with Gasteiger partial charge in [-0.25, -0.2) is 13.1 Å². The third kappa shape index (κ3) is 4.24. The molecule has 19 heavy (non-hydrogen) atoms. The lowest BCUT2D eigenvalue weighted by Crippen LogP contribution is -2.36. The van der Waals surface area contributed by atoms with Crippen molar-refractivity contribution < 1.29 is 8.42 Å². The number of sulfonamides is 1. The van der Waals surface area contributed by atoms with Crippen molar-refractivity contribution in [3.63, 3.8) is 0 Å². The molecule has 0 aliphatic carbocycles. The van der Waals surface area contributed by atoms with Crippen LogP contribution in [-0.2, 0) is 10.0 Å². The van der Waals surface area contributed by atoms with Crippen molar-refractivity contribution in [2.24, 2.45) is 17.1 Å². The molecular formula is C12H20N2O2S3. The Morgan fingerprint density at radius 2 is 2.05 bits per heavy atom. The predicted molar refractivity (Wildman–Crippen MR) is 84.0 cm³/mol. The van der Waals surface area contributed by atoms with Gasteiger partial charge in [-0.2, -0.15) is 0 Å². The molecular weight excluding hydrogens is 300 g/mol. The molecule has 1 aromatic heterocycles. The first-order valence-electron chi connectivity index (χ1n) is 5.95. The summed E-state index contributed by atoms with van der Waals surface area (Å²) in [5.74, 6) is 0.380. The van der Waals surface area contributed by atoms with Gasteiger partial charge in [0.25, 0.3) is 0 Å². The summed E-state index contributed by atoms with van der Waals surface area (Å²) in [6.07, 6.45) is 0. The third-order valence-corrected chi connectivity index (χ3v) is 6.73. The van der Waals surface area contributed by atoms with Gasteiger partial charge >= 0.3 is 0 Å². The highest BCUT2D eigenvalue weighted by Gasteiger charge is 2.26. The topological polar surface area (TPSA) is 72.2 Å². The first-order valence-corrected chi connectivity index (χ1v) is 8.66. The largest absolute Gasteiger partial charge is 0.389 e. The molecule has 0 amide bonds. The average molecular weight is 321 g/mol. The predicted octanol–water partition coefficient (Wildman–Crippen LogP) is 2.34. The van der Waals surface area contributed by atoms with Crippen molar-refractivity contribution in [3.05, 3.63) is 17.0 Å². The van der Waals surface area contributed by atoms with E-state index in [1.807, 2.05) is 13.8 Å². The van der Waals surface area contributed by atoms with Gasteiger partial charge in [0.2, 0.25) is 10.0 Å². The highest BCUT2D eigenvalue weighted by Crippen LogP contribution is 2.26. The molecule has 0 saturated carbocycles. The minimum Gasteiger partial charge on any atom is -0.389 e. The monoisotopic (exact) mass is 320 g/mol. The minimum absolute atomic E-state index is 0.101. The molecule has 4 nitrogen and oxygen atoms in total. The van der Waals surface area contributed by atoms with Crippen LogP contribution in [-0.4, -0.2) is 20.0 Å². The van der Waals surface area contributed by atoms with Crippen LogP contribution in [0.25, 0.3) is 0 Å². The second-order valence-corrected chi connectivity index (χ2v) is 8.97. The van der Waals surface area contributed by atoms with Gasteiger partial charge < -0.3 is 5.73 Å². The molecule has 108 valence electrons. The van der Waals surface area contributed by atoms with Gasteiger partial charge in [0, 0.05) is 6.54 Å². The lowest BCUT2D eigenvalue weighted by Gasteiger charge is -2.29. The average Bonchev–Trinajstić information content (AvgIpc) is 2.76. The van der Waals surface area contributed by atoms with Crippen LogP contribution >= 0.6 is 23.6 Å². The van der Waals surface area contributed by atoms with Crippen LogP contribution in [0.5, 0.6) is 0 Å². The zero-order chi connectivity index (χ0) is 14.8. The Labute approximate surface area is 124 Å². The molecule has 1 rings (SSSR count). The summed E-state index contributed by atoms with van der Waals surface area (Å²) in [7, 11) is -3.49. The first kappa shape index (κ1) is 16.6. The Balaban J connectivity index is 2.84. The number of thiophene rings is 1. The molecule has 0 fully saturated rings. The lowest BCUT2D eigenvalue weighted by atomic mass is 9.81. The van der Waals surface area contributed by atoms with Gasteiger partial charge in [0.1, 0.15) is 9.20 Å². The molecule has 0 bridgehead atoms. The molecule has 1 heterocycles. The van der Waals surface area contributed by atoms with Crippen LogP contribution in [0.15, 0.2) is 16.3 Å². The van der Waals surface area contributed by atoms with Crippen molar-refractivity contribution >= 4 is 38.6 Å². The van der Waals surface area contributed by atoms with Gasteiger partial charge in [0.15, 0.2) is 0 Å². The van der Waals surface area contributed by atoms with E-state index in [1.54, 1.807) is 6.07 Å². The van der Waals surface area contributed by atoms with Gasteiger partial charge in [-0.1, -0.05) is 39.9 Å². The maximum atomic E-state index is 12.2. The van der Waals surface area contributed by atoms with Crippen LogP contribution in [0.2, 0.25) is 0 Å². The number of hydrogen-bond donors (Lipinski definition) is 2. The number of thiocarbonyl (C=S) groups is 1. The maximum absolute atomic E-state index is 12.2. The Kier molecular flexibility index (Phi) is 5.11. The van der Waals surface area contributed by atoms with E-state index in [4.69, 9.17) is 18.0 Å². The summed E-state index contributed by atoms with van der Waals surface area (Å²) >= 11 is 5.92. The second-order valence-electron chi connectivity index (χ2n) is 5.45. The maximum Gasteiger partial charge on any atom is 0.250 e. The van der Waals surface area contributed by atoms with Crippen molar-refractivity contribution in [3.8, 4) is 0 Å². The Bertz CT molecular complexity index is 559. The zero-order valence-corrected chi connectivity index (χ0v) is 14.0. The third-order valence-electron chi connectivity index (χ3n) is 3.37. The van der Waals surface area contributed by atoms with Crippen molar-refractivity contribution in [2.75, 3.05) is 6.54 Å². The summed E-state index contributed by atoms with van der Waals surface area (Å²) in [5.41, 5.74) is 5.38. The van der Waals surface area contributed by atoms with Crippen LogP contribution in [0, 0.1) is 11.3 Å². The molecule has 0 unspecified atom stereocenters. The summed E-state index contributed by atoms with van der Waals surface area (Å²) in [4.78, 5) is 0.826. The Morgan fingerprint density at radius 3 is 2.47 bits per heavy atom.